The zero-order chi connectivity index (χ0) is 20.2. The molecule has 1 aliphatic heterocycles. The largest absolute Gasteiger partial charge is 0.573 e. The Kier molecular flexibility index (Phi) is 6.71. The van der Waals surface area contributed by atoms with E-state index in [1.165, 1.54) is 12.1 Å². The maximum absolute atomic E-state index is 12.5. The van der Waals surface area contributed by atoms with Crippen molar-refractivity contribution in [1.82, 2.24) is 0 Å². The Bertz CT molecular complexity index is 711. The summed E-state index contributed by atoms with van der Waals surface area (Å²) in [4.78, 5) is 37.1. The van der Waals surface area contributed by atoms with Crippen LogP contribution in [0.15, 0.2) is 24.3 Å². The van der Waals surface area contributed by atoms with Crippen molar-refractivity contribution in [2.75, 3.05) is 17.3 Å². The molecule has 148 valence electrons. The normalized spacial score (nSPS) is 18.6. The number of carbonyl (C=O) groups excluding carboxylic acids is 3. The van der Waals surface area contributed by atoms with Gasteiger partial charge in [0.2, 0.25) is 11.8 Å². The number of nitrogens with zero attached hydrogens (tertiary/aromatic N) is 1. The lowest BCUT2D eigenvalue weighted by molar-refractivity contribution is -0.401. The third-order valence-electron chi connectivity index (χ3n) is 3.55. The first-order valence-electron chi connectivity index (χ1n) is 7.96. The van der Waals surface area contributed by atoms with Crippen molar-refractivity contribution in [2.24, 2.45) is 0 Å². The van der Waals surface area contributed by atoms with Gasteiger partial charge in [-0.3, -0.25) is 9.59 Å². The number of amides is 2. The van der Waals surface area contributed by atoms with Gasteiger partial charge in [0.1, 0.15) is 5.75 Å². The maximum Gasteiger partial charge on any atom is 0.573 e. The summed E-state index contributed by atoms with van der Waals surface area (Å²) in [5.41, 5.74) is 3.82. The van der Waals surface area contributed by atoms with Crippen LogP contribution >= 0.6 is 11.8 Å². The molecule has 1 fully saturated rings. The van der Waals surface area contributed by atoms with Gasteiger partial charge in [-0.05, 0) is 31.2 Å². The van der Waals surface area contributed by atoms with Gasteiger partial charge in [0.25, 0.3) is 0 Å². The summed E-state index contributed by atoms with van der Waals surface area (Å²) in [5, 5.41) is -0.692. The Morgan fingerprint density at radius 3 is 2.52 bits per heavy atom. The van der Waals surface area contributed by atoms with Crippen molar-refractivity contribution >= 4 is 35.2 Å². The van der Waals surface area contributed by atoms with Crippen LogP contribution in [0.25, 0.3) is 0 Å². The highest BCUT2D eigenvalue weighted by molar-refractivity contribution is 8.00. The molecule has 0 bridgehead atoms. The standard InChI is InChI=1S/C16H17F3N2O5S/c1-2-25-15(24)11(20)8-27-12-7-13(22)21(14(12)23)9-3-5-10(6-4-9)26-16(17,18)19/h3-6,11-12H,2,7-8,20H2,1H3/p+1/t11-,12-/m1/s1. The molecular formula is C16H18F3N2O5S+. The average Bonchev–Trinajstić information content (AvgIpc) is 2.86. The zero-order valence-corrected chi connectivity index (χ0v) is 15.1. The summed E-state index contributed by atoms with van der Waals surface area (Å²) in [5.74, 6) is -1.71. The molecule has 2 amide bonds. The van der Waals surface area contributed by atoms with Gasteiger partial charge in [0.05, 0.1) is 23.3 Å². The molecule has 27 heavy (non-hydrogen) atoms. The summed E-state index contributed by atoms with van der Waals surface area (Å²) in [7, 11) is 0. The van der Waals surface area contributed by atoms with Crippen LogP contribution in [0.1, 0.15) is 13.3 Å². The van der Waals surface area contributed by atoms with Gasteiger partial charge in [-0.2, -0.15) is 0 Å². The molecule has 0 aliphatic carbocycles. The van der Waals surface area contributed by atoms with E-state index in [2.05, 4.69) is 10.5 Å². The monoisotopic (exact) mass is 407 g/mol. The second-order valence-electron chi connectivity index (χ2n) is 5.58. The highest BCUT2D eigenvalue weighted by Crippen LogP contribution is 2.31. The Labute approximate surface area is 157 Å². The molecule has 0 aromatic heterocycles. The van der Waals surface area contributed by atoms with Crippen LogP contribution < -0.4 is 15.4 Å². The molecule has 11 heteroatoms. The van der Waals surface area contributed by atoms with Gasteiger partial charge in [0, 0.05) is 6.42 Å². The maximum atomic E-state index is 12.5. The molecule has 2 rings (SSSR count). The minimum atomic E-state index is -4.83. The number of carbonyl (C=O) groups is 3. The summed E-state index contributed by atoms with van der Waals surface area (Å²) >= 11 is 1.12. The molecule has 1 aliphatic rings. The van der Waals surface area contributed by atoms with Crippen LogP contribution in [0, 0.1) is 0 Å². The first-order chi connectivity index (χ1) is 12.6. The lowest BCUT2D eigenvalue weighted by atomic mass is 10.3. The molecule has 3 N–H and O–H groups in total. The van der Waals surface area contributed by atoms with E-state index in [1.54, 1.807) is 6.92 Å². The predicted octanol–water partition coefficient (Wildman–Crippen LogP) is 1.12. The Hall–Kier alpha value is -2.27. The fourth-order valence-electron chi connectivity index (χ4n) is 2.36. The van der Waals surface area contributed by atoms with E-state index in [9.17, 15) is 27.6 Å². The lowest BCUT2D eigenvalue weighted by Gasteiger charge is -2.16. The molecule has 0 saturated carbocycles. The number of esters is 1. The minimum Gasteiger partial charge on any atom is -0.462 e. The number of alkyl halides is 3. The summed E-state index contributed by atoms with van der Waals surface area (Å²) in [6, 6.07) is 3.78. The third-order valence-corrected chi connectivity index (χ3v) is 4.92. The Balaban J connectivity index is 2.00. The number of rotatable bonds is 7. The number of hydrogen-bond donors (Lipinski definition) is 1. The smallest absolute Gasteiger partial charge is 0.462 e. The molecule has 0 radical (unpaired) electrons. The van der Waals surface area contributed by atoms with Crippen molar-refractivity contribution < 1.29 is 42.8 Å². The second kappa shape index (κ2) is 8.61. The first kappa shape index (κ1) is 21.0. The molecule has 2 atom stereocenters. The molecule has 1 heterocycles. The minimum absolute atomic E-state index is 0.0696. The molecule has 1 aromatic rings. The molecule has 1 aromatic carbocycles. The van der Waals surface area contributed by atoms with Crippen molar-refractivity contribution in [1.29, 1.82) is 0 Å². The number of imide groups is 1. The first-order valence-corrected chi connectivity index (χ1v) is 9.01. The number of halogens is 3. The van der Waals surface area contributed by atoms with Crippen molar-refractivity contribution in [3.63, 3.8) is 0 Å². The van der Waals surface area contributed by atoms with Crippen LogP contribution in [-0.4, -0.2) is 47.8 Å². The van der Waals surface area contributed by atoms with Gasteiger partial charge in [-0.15, -0.1) is 24.9 Å². The predicted molar refractivity (Wildman–Crippen MR) is 89.8 cm³/mol. The number of benzene rings is 1. The van der Waals surface area contributed by atoms with E-state index in [0.29, 0.717) is 0 Å². The molecule has 0 unspecified atom stereocenters. The number of quaternary nitrogens is 1. The van der Waals surface area contributed by atoms with Crippen molar-refractivity contribution in [3.8, 4) is 5.75 Å². The molecule has 0 spiro atoms. The van der Waals surface area contributed by atoms with Crippen LogP contribution in [0.4, 0.5) is 18.9 Å². The third kappa shape index (κ3) is 5.60. The lowest BCUT2D eigenvalue weighted by Crippen LogP contribution is -2.66. The van der Waals surface area contributed by atoms with Crippen LogP contribution in [0.3, 0.4) is 0 Å². The molecular weight excluding hydrogens is 389 g/mol. The molecule has 7 nitrogen and oxygen atoms in total. The van der Waals surface area contributed by atoms with Crippen LogP contribution in [0.2, 0.25) is 0 Å². The van der Waals surface area contributed by atoms with E-state index >= 15 is 0 Å². The van der Waals surface area contributed by atoms with Crippen LogP contribution in [0.5, 0.6) is 5.75 Å². The van der Waals surface area contributed by atoms with Gasteiger partial charge in [-0.1, -0.05) is 0 Å². The van der Waals surface area contributed by atoms with Crippen LogP contribution in [-0.2, 0) is 19.1 Å². The fourth-order valence-corrected chi connectivity index (χ4v) is 3.47. The van der Waals surface area contributed by atoms with E-state index in [-0.39, 0.29) is 24.5 Å². The van der Waals surface area contributed by atoms with E-state index in [4.69, 9.17) is 4.74 Å². The van der Waals surface area contributed by atoms with E-state index < -0.39 is 41.2 Å². The number of thioether (sulfide) groups is 1. The quantitative estimate of drug-likeness (QED) is 0.537. The fraction of sp³-hybridized carbons (Fsp3) is 0.438. The number of anilines is 1. The van der Waals surface area contributed by atoms with Crippen molar-refractivity contribution in [3.05, 3.63) is 24.3 Å². The highest BCUT2D eigenvalue weighted by atomic mass is 32.2. The highest BCUT2D eigenvalue weighted by Gasteiger charge is 2.40. The number of hydrogen-bond acceptors (Lipinski definition) is 6. The summed E-state index contributed by atoms with van der Waals surface area (Å²) in [6.45, 7) is 1.89. The summed E-state index contributed by atoms with van der Waals surface area (Å²) in [6.07, 6.45) is -4.90. The average molecular weight is 407 g/mol. The molecule has 1 saturated heterocycles. The van der Waals surface area contributed by atoms with Gasteiger partial charge in [-0.25, -0.2) is 9.69 Å². The summed E-state index contributed by atoms with van der Waals surface area (Å²) < 4.78 is 45.2. The zero-order valence-electron chi connectivity index (χ0n) is 14.3. The van der Waals surface area contributed by atoms with Crippen molar-refractivity contribution in [2.45, 2.75) is 31.0 Å². The topological polar surface area (TPSA) is 101 Å². The number of ether oxygens (including phenoxy) is 2. The second-order valence-corrected chi connectivity index (χ2v) is 6.82. The SMILES string of the molecule is CCOC(=O)[C@H]([NH3+])CS[C@@H]1CC(=O)N(c2ccc(OC(F)(F)F)cc2)C1=O. The van der Waals surface area contributed by atoms with E-state index in [0.717, 1.165) is 28.8 Å². The van der Waals surface area contributed by atoms with Gasteiger partial charge < -0.3 is 15.2 Å². The van der Waals surface area contributed by atoms with E-state index in [1.807, 2.05) is 0 Å². The van der Waals surface area contributed by atoms with Gasteiger partial charge >= 0.3 is 12.3 Å². The Morgan fingerprint density at radius 2 is 1.96 bits per heavy atom. The van der Waals surface area contributed by atoms with Gasteiger partial charge in [0.15, 0.2) is 6.04 Å². The Morgan fingerprint density at radius 1 is 1.33 bits per heavy atom.